The highest BCUT2D eigenvalue weighted by atomic mass is 16.7. The summed E-state index contributed by atoms with van der Waals surface area (Å²) in [5.74, 6) is 2.32. The standard InChI is InChI=1S/C18H27N3O4/c1-23-15-9-17-16(24-12-25-17)8-13(15)11-21-7-3-2-4-14(21)10-20-18(22)5-6-19/h8-9,14H,2-7,10-12,19H2,1H3,(H,20,22). The van der Waals surface area contributed by atoms with Crippen LogP contribution in [0.4, 0.5) is 0 Å². The van der Waals surface area contributed by atoms with E-state index in [1.54, 1.807) is 7.11 Å². The fourth-order valence-corrected chi connectivity index (χ4v) is 3.45. The summed E-state index contributed by atoms with van der Waals surface area (Å²) in [6.07, 6.45) is 3.81. The minimum absolute atomic E-state index is 0.0219. The van der Waals surface area contributed by atoms with E-state index in [9.17, 15) is 4.79 Å². The number of amides is 1. The minimum Gasteiger partial charge on any atom is -0.496 e. The fourth-order valence-electron chi connectivity index (χ4n) is 3.45. The van der Waals surface area contributed by atoms with Crippen molar-refractivity contribution in [1.82, 2.24) is 10.2 Å². The molecule has 2 aliphatic rings. The summed E-state index contributed by atoms with van der Waals surface area (Å²) in [5.41, 5.74) is 6.51. The number of hydrogen-bond acceptors (Lipinski definition) is 6. The van der Waals surface area contributed by atoms with E-state index >= 15 is 0 Å². The van der Waals surface area contributed by atoms with E-state index in [4.69, 9.17) is 19.9 Å². The van der Waals surface area contributed by atoms with E-state index in [0.717, 1.165) is 42.3 Å². The number of nitrogens with zero attached hydrogens (tertiary/aromatic N) is 1. The minimum atomic E-state index is 0.0219. The van der Waals surface area contributed by atoms with Crippen LogP contribution in [0.3, 0.4) is 0 Å². The Morgan fingerprint density at radius 2 is 2.16 bits per heavy atom. The molecule has 138 valence electrons. The van der Waals surface area contributed by atoms with Gasteiger partial charge < -0.3 is 25.3 Å². The van der Waals surface area contributed by atoms with Gasteiger partial charge in [-0.25, -0.2) is 0 Å². The Kier molecular flexibility index (Phi) is 5.99. The van der Waals surface area contributed by atoms with Crippen molar-refractivity contribution < 1.29 is 19.0 Å². The molecule has 0 aliphatic carbocycles. The van der Waals surface area contributed by atoms with Crippen molar-refractivity contribution in [1.29, 1.82) is 0 Å². The molecule has 0 bridgehead atoms. The third-order valence-corrected chi connectivity index (χ3v) is 4.80. The molecule has 0 aromatic heterocycles. The van der Waals surface area contributed by atoms with Gasteiger partial charge in [0.2, 0.25) is 12.7 Å². The van der Waals surface area contributed by atoms with E-state index in [1.807, 2.05) is 12.1 Å². The average molecular weight is 349 g/mol. The van der Waals surface area contributed by atoms with E-state index in [0.29, 0.717) is 25.6 Å². The molecule has 1 atom stereocenters. The normalized spacial score (nSPS) is 19.7. The third-order valence-electron chi connectivity index (χ3n) is 4.80. The third kappa shape index (κ3) is 4.35. The molecule has 25 heavy (non-hydrogen) atoms. The van der Waals surface area contributed by atoms with Crippen LogP contribution in [0.2, 0.25) is 0 Å². The number of methoxy groups -OCH3 is 1. The molecule has 1 amide bonds. The van der Waals surface area contributed by atoms with Gasteiger partial charge in [-0.15, -0.1) is 0 Å². The quantitative estimate of drug-likeness (QED) is 0.770. The number of fused-ring (bicyclic) bond motifs is 1. The van der Waals surface area contributed by atoms with Crippen molar-refractivity contribution >= 4 is 5.91 Å². The van der Waals surface area contributed by atoms with Crippen LogP contribution in [-0.2, 0) is 11.3 Å². The number of carbonyl (C=O) groups is 1. The SMILES string of the molecule is COc1cc2c(cc1CN1CCCCC1CNC(=O)CCN)OCO2. The number of carbonyl (C=O) groups excluding carboxylic acids is 1. The first-order valence-electron chi connectivity index (χ1n) is 8.88. The Balaban J connectivity index is 1.68. The van der Waals surface area contributed by atoms with Gasteiger partial charge in [0.1, 0.15) is 5.75 Å². The summed E-state index contributed by atoms with van der Waals surface area (Å²) in [6.45, 7) is 3.06. The predicted octanol–water partition coefficient (Wildman–Crippen LogP) is 1.24. The Labute approximate surface area is 148 Å². The molecule has 3 N–H and O–H groups in total. The fraction of sp³-hybridized carbons (Fsp3) is 0.611. The van der Waals surface area contributed by atoms with Crippen LogP contribution >= 0.6 is 0 Å². The van der Waals surface area contributed by atoms with Crippen LogP contribution in [0.5, 0.6) is 17.2 Å². The maximum Gasteiger partial charge on any atom is 0.231 e. The second-order valence-corrected chi connectivity index (χ2v) is 6.48. The first-order valence-corrected chi connectivity index (χ1v) is 8.88. The Morgan fingerprint density at radius 1 is 1.36 bits per heavy atom. The van der Waals surface area contributed by atoms with Crippen LogP contribution in [0, 0.1) is 0 Å². The molecule has 0 radical (unpaired) electrons. The number of benzene rings is 1. The molecule has 0 spiro atoms. The van der Waals surface area contributed by atoms with Gasteiger partial charge in [-0.3, -0.25) is 9.69 Å². The van der Waals surface area contributed by atoms with Crippen LogP contribution < -0.4 is 25.3 Å². The summed E-state index contributed by atoms with van der Waals surface area (Å²) in [5, 5.41) is 3.00. The predicted molar refractivity (Wildman–Crippen MR) is 93.8 cm³/mol. The number of rotatable bonds is 7. The lowest BCUT2D eigenvalue weighted by molar-refractivity contribution is -0.121. The van der Waals surface area contributed by atoms with E-state index in [1.165, 1.54) is 12.8 Å². The van der Waals surface area contributed by atoms with Crippen molar-refractivity contribution in [2.75, 3.05) is 33.5 Å². The molecule has 7 nitrogen and oxygen atoms in total. The molecule has 2 aliphatic heterocycles. The largest absolute Gasteiger partial charge is 0.496 e. The number of piperidine rings is 1. The molecule has 1 unspecified atom stereocenters. The summed E-state index contributed by atoms with van der Waals surface area (Å²) in [4.78, 5) is 14.1. The molecule has 1 fully saturated rings. The average Bonchev–Trinajstić information content (AvgIpc) is 3.08. The second kappa shape index (κ2) is 8.40. The topological polar surface area (TPSA) is 86.1 Å². The molecular weight excluding hydrogens is 322 g/mol. The number of ether oxygens (including phenoxy) is 3. The Bertz CT molecular complexity index is 608. The van der Waals surface area contributed by atoms with Crippen molar-refractivity contribution in [2.45, 2.75) is 38.3 Å². The summed E-state index contributed by atoms with van der Waals surface area (Å²) in [6, 6.07) is 4.21. The smallest absolute Gasteiger partial charge is 0.231 e. The van der Waals surface area contributed by atoms with Crippen molar-refractivity contribution in [3.05, 3.63) is 17.7 Å². The van der Waals surface area contributed by atoms with Crippen LogP contribution in [0.25, 0.3) is 0 Å². The zero-order chi connectivity index (χ0) is 17.6. The zero-order valence-corrected chi connectivity index (χ0v) is 14.8. The molecule has 1 saturated heterocycles. The monoisotopic (exact) mass is 349 g/mol. The van der Waals surface area contributed by atoms with Crippen molar-refractivity contribution in [3.8, 4) is 17.2 Å². The zero-order valence-electron chi connectivity index (χ0n) is 14.8. The summed E-state index contributed by atoms with van der Waals surface area (Å²) < 4.78 is 16.4. The second-order valence-electron chi connectivity index (χ2n) is 6.48. The van der Waals surface area contributed by atoms with Gasteiger partial charge in [0.05, 0.1) is 7.11 Å². The molecule has 0 saturated carbocycles. The summed E-state index contributed by atoms with van der Waals surface area (Å²) in [7, 11) is 1.67. The van der Waals surface area contributed by atoms with Crippen molar-refractivity contribution in [2.24, 2.45) is 5.73 Å². The van der Waals surface area contributed by atoms with E-state index in [2.05, 4.69) is 10.2 Å². The number of nitrogens with two attached hydrogens (primary N) is 1. The molecular formula is C18H27N3O4. The van der Waals surface area contributed by atoms with Gasteiger partial charge in [-0.05, 0) is 25.5 Å². The maximum absolute atomic E-state index is 11.7. The van der Waals surface area contributed by atoms with Crippen LogP contribution in [0.1, 0.15) is 31.2 Å². The summed E-state index contributed by atoms with van der Waals surface area (Å²) >= 11 is 0. The van der Waals surface area contributed by atoms with Crippen LogP contribution in [0.15, 0.2) is 12.1 Å². The first-order chi connectivity index (χ1) is 12.2. The van der Waals surface area contributed by atoms with Gasteiger partial charge in [0.25, 0.3) is 0 Å². The van der Waals surface area contributed by atoms with E-state index < -0.39 is 0 Å². The lowest BCUT2D eigenvalue weighted by atomic mass is 10.0. The van der Waals surface area contributed by atoms with Gasteiger partial charge in [-0.1, -0.05) is 6.42 Å². The highest BCUT2D eigenvalue weighted by Crippen LogP contribution is 2.39. The maximum atomic E-state index is 11.7. The highest BCUT2D eigenvalue weighted by Gasteiger charge is 2.25. The lowest BCUT2D eigenvalue weighted by Gasteiger charge is -2.36. The molecule has 3 rings (SSSR count). The van der Waals surface area contributed by atoms with Gasteiger partial charge in [-0.2, -0.15) is 0 Å². The number of likely N-dealkylation sites (tertiary alicyclic amines) is 1. The highest BCUT2D eigenvalue weighted by molar-refractivity contribution is 5.76. The number of hydrogen-bond donors (Lipinski definition) is 2. The van der Waals surface area contributed by atoms with Gasteiger partial charge >= 0.3 is 0 Å². The Morgan fingerprint density at radius 3 is 2.92 bits per heavy atom. The Hall–Kier alpha value is -1.99. The first kappa shape index (κ1) is 17.8. The van der Waals surface area contributed by atoms with Gasteiger partial charge in [0.15, 0.2) is 11.5 Å². The molecule has 1 aromatic rings. The van der Waals surface area contributed by atoms with Crippen LogP contribution in [-0.4, -0.2) is 50.4 Å². The van der Waals surface area contributed by atoms with E-state index in [-0.39, 0.29) is 12.7 Å². The molecule has 2 heterocycles. The van der Waals surface area contributed by atoms with Crippen molar-refractivity contribution in [3.63, 3.8) is 0 Å². The number of nitrogens with one attached hydrogen (secondary N) is 1. The lowest BCUT2D eigenvalue weighted by Crippen LogP contribution is -2.46. The molecule has 7 heteroatoms. The molecule has 1 aromatic carbocycles. The van der Waals surface area contributed by atoms with Gasteiger partial charge in [0, 0.05) is 43.7 Å².